The Kier molecular flexibility index (Phi) is 6.47. The van der Waals surface area contributed by atoms with Crippen molar-refractivity contribution in [1.82, 2.24) is 14.8 Å². The Bertz CT molecular complexity index is 660. The predicted molar refractivity (Wildman–Crippen MR) is 97.2 cm³/mol. The summed E-state index contributed by atoms with van der Waals surface area (Å²) < 4.78 is 1.76. The second-order valence-corrected chi connectivity index (χ2v) is 6.72. The lowest BCUT2D eigenvalue weighted by Crippen LogP contribution is -2.29. The van der Waals surface area contributed by atoms with Crippen molar-refractivity contribution < 1.29 is 4.79 Å². The van der Waals surface area contributed by atoms with E-state index in [-0.39, 0.29) is 5.91 Å². The quantitative estimate of drug-likeness (QED) is 0.712. The molecular weight excluding hydrogens is 332 g/mol. The maximum atomic E-state index is 12.4. The maximum Gasteiger partial charge on any atom is 0.228 e. The highest BCUT2D eigenvalue weighted by atomic mass is 35.5. The summed E-state index contributed by atoms with van der Waals surface area (Å²) in [6, 6.07) is 3.75. The maximum absolute atomic E-state index is 12.4. The first kappa shape index (κ1) is 17.8. The fraction of sp³-hybridized carbons (Fsp3) is 0.438. The van der Waals surface area contributed by atoms with Crippen LogP contribution in [0, 0.1) is 0 Å². The number of rotatable bonds is 7. The van der Waals surface area contributed by atoms with Gasteiger partial charge in [-0.15, -0.1) is 0 Å². The van der Waals surface area contributed by atoms with Gasteiger partial charge in [-0.05, 0) is 24.8 Å². The van der Waals surface area contributed by atoms with E-state index in [0.717, 1.165) is 17.1 Å². The van der Waals surface area contributed by atoms with Crippen LogP contribution < -0.4 is 4.90 Å². The van der Waals surface area contributed by atoms with Gasteiger partial charge < -0.3 is 0 Å². The van der Waals surface area contributed by atoms with Crippen LogP contribution in [-0.4, -0.2) is 39.2 Å². The summed E-state index contributed by atoms with van der Waals surface area (Å²) in [4.78, 5) is 18.1. The zero-order valence-corrected chi connectivity index (χ0v) is 15.2. The van der Waals surface area contributed by atoms with Gasteiger partial charge in [-0.3, -0.25) is 14.7 Å². The minimum absolute atomic E-state index is 0.0418. The van der Waals surface area contributed by atoms with Crippen molar-refractivity contribution >= 4 is 35.1 Å². The highest BCUT2D eigenvalue weighted by Crippen LogP contribution is 2.35. The number of pyridine rings is 1. The first-order valence-corrected chi connectivity index (χ1v) is 9.14. The number of nitrogens with zero attached hydrogens (tertiary/aromatic N) is 4. The van der Waals surface area contributed by atoms with Gasteiger partial charge in [0.1, 0.15) is 10.7 Å². The van der Waals surface area contributed by atoms with Crippen LogP contribution in [0.15, 0.2) is 24.5 Å². The molecule has 0 aliphatic rings. The minimum Gasteiger partial charge on any atom is -0.299 e. The van der Waals surface area contributed by atoms with E-state index in [9.17, 15) is 4.79 Å². The molecule has 7 heteroatoms. The number of carbonyl (C=O) groups excluding carboxylic acids is 1. The van der Waals surface area contributed by atoms with Crippen LogP contribution in [0.4, 0.5) is 5.82 Å². The minimum atomic E-state index is 0.0418. The molecule has 0 saturated carbocycles. The molecule has 0 aliphatic carbocycles. The average Bonchev–Trinajstić information content (AvgIpc) is 2.91. The highest BCUT2D eigenvalue weighted by molar-refractivity contribution is 7.99. The summed E-state index contributed by atoms with van der Waals surface area (Å²) in [6.45, 7) is 4.70. The van der Waals surface area contributed by atoms with Gasteiger partial charge in [0.05, 0.1) is 0 Å². The summed E-state index contributed by atoms with van der Waals surface area (Å²) in [5.41, 5.74) is 1.49. The smallest absolute Gasteiger partial charge is 0.228 e. The number of thioether (sulfide) groups is 1. The third kappa shape index (κ3) is 4.06. The van der Waals surface area contributed by atoms with E-state index in [2.05, 4.69) is 17.0 Å². The van der Waals surface area contributed by atoms with Crippen LogP contribution in [0.5, 0.6) is 0 Å². The zero-order valence-electron chi connectivity index (χ0n) is 13.6. The SMILES string of the molecule is CCSCCC(=O)N(C)c1c(Cl)c(-c2cccnc2)nn1CC. The molecule has 5 nitrogen and oxygen atoms in total. The molecular formula is C16H21ClN4OS. The summed E-state index contributed by atoms with van der Waals surface area (Å²) in [7, 11) is 1.75. The molecule has 0 N–H and O–H groups in total. The molecule has 0 unspecified atom stereocenters. The van der Waals surface area contributed by atoms with Gasteiger partial charge in [-0.1, -0.05) is 18.5 Å². The molecule has 1 amide bonds. The van der Waals surface area contributed by atoms with Gasteiger partial charge in [0.25, 0.3) is 0 Å². The van der Waals surface area contributed by atoms with Gasteiger partial charge in [0, 0.05) is 43.7 Å². The Morgan fingerprint density at radius 3 is 2.83 bits per heavy atom. The number of hydrogen-bond donors (Lipinski definition) is 0. The zero-order chi connectivity index (χ0) is 16.8. The Morgan fingerprint density at radius 2 is 2.22 bits per heavy atom. The van der Waals surface area contributed by atoms with Crippen molar-refractivity contribution in [3.8, 4) is 11.3 Å². The van der Waals surface area contributed by atoms with Crippen molar-refractivity contribution in [2.75, 3.05) is 23.5 Å². The van der Waals surface area contributed by atoms with Crippen molar-refractivity contribution in [3.05, 3.63) is 29.5 Å². The molecule has 2 heterocycles. The average molecular weight is 353 g/mol. The second-order valence-electron chi connectivity index (χ2n) is 4.94. The molecule has 124 valence electrons. The van der Waals surface area contributed by atoms with Crippen LogP contribution in [0.3, 0.4) is 0 Å². The number of aromatic nitrogens is 3. The normalized spacial score (nSPS) is 10.8. The van der Waals surface area contributed by atoms with E-state index in [0.29, 0.717) is 29.5 Å². The molecule has 0 saturated heterocycles. The molecule has 0 spiro atoms. The van der Waals surface area contributed by atoms with E-state index in [1.807, 2.05) is 19.1 Å². The van der Waals surface area contributed by atoms with Crippen LogP contribution in [-0.2, 0) is 11.3 Å². The van der Waals surface area contributed by atoms with Crippen LogP contribution in [0.1, 0.15) is 20.3 Å². The standard InChI is InChI=1S/C16H21ClN4OS/c1-4-21-16(20(3)13(22)8-10-23-5-2)14(17)15(19-21)12-7-6-9-18-11-12/h6-7,9,11H,4-5,8,10H2,1-3H3. The topological polar surface area (TPSA) is 51.0 Å². The Labute approximate surface area is 146 Å². The third-order valence-electron chi connectivity index (χ3n) is 3.46. The number of halogens is 1. The van der Waals surface area contributed by atoms with E-state index in [1.54, 1.807) is 40.8 Å². The van der Waals surface area contributed by atoms with Crippen LogP contribution in [0.25, 0.3) is 11.3 Å². The van der Waals surface area contributed by atoms with Gasteiger partial charge in [0.2, 0.25) is 5.91 Å². The number of aryl methyl sites for hydroxylation is 1. The highest BCUT2D eigenvalue weighted by Gasteiger charge is 2.23. The largest absolute Gasteiger partial charge is 0.299 e. The molecule has 2 rings (SSSR count). The molecule has 0 radical (unpaired) electrons. The molecule has 23 heavy (non-hydrogen) atoms. The second kappa shape index (κ2) is 8.36. The Hall–Kier alpha value is -1.53. The fourth-order valence-corrected chi connectivity index (χ4v) is 3.23. The molecule has 0 aromatic carbocycles. The van der Waals surface area contributed by atoms with E-state index >= 15 is 0 Å². The molecule has 0 fully saturated rings. The first-order chi connectivity index (χ1) is 11.1. The van der Waals surface area contributed by atoms with E-state index < -0.39 is 0 Å². The number of anilines is 1. The summed E-state index contributed by atoms with van der Waals surface area (Å²) >= 11 is 8.29. The first-order valence-electron chi connectivity index (χ1n) is 7.61. The molecule has 2 aromatic heterocycles. The Balaban J connectivity index is 2.31. The van der Waals surface area contributed by atoms with Gasteiger partial charge in [-0.25, -0.2) is 4.68 Å². The van der Waals surface area contributed by atoms with Crippen molar-refractivity contribution in [1.29, 1.82) is 0 Å². The van der Waals surface area contributed by atoms with Gasteiger partial charge in [-0.2, -0.15) is 16.9 Å². The molecule has 0 bridgehead atoms. The van der Waals surface area contributed by atoms with E-state index in [4.69, 9.17) is 11.6 Å². The number of hydrogen-bond acceptors (Lipinski definition) is 4. The molecule has 2 aromatic rings. The van der Waals surface area contributed by atoms with Crippen LogP contribution >= 0.6 is 23.4 Å². The number of carbonyl (C=O) groups is 1. The molecule has 0 atom stereocenters. The van der Waals surface area contributed by atoms with Crippen molar-refractivity contribution in [2.24, 2.45) is 0 Å². The lowest BCUT2D eigenvalue weighted by molar-refractivity contribution is -0.118. The lowest BCUT2D eigenvalue weighted by atomic mass is 10.2. The van der Waals surface area contributed by atoms with Crippen molar-refractivity contribution in [3.63, 3.8) is 0 Å². The Morgan fingerprint density at radius 1 is 1.43 bits per heavy atom. The number of amides is 1. The summed E-state index contributed by atoms with van der Waals surface area (Å²) in [6.07, 6.45) is 3.91. The van der Waals surface area contributed by atoms with E-state index in [1.165, 1.54) is 0 Å². The van der Waals surface area contributed by atoms with Crippen molar-refractivity contribution in [2.45, 2.75) is 26.8 Å². The van der Waals surface area contributed by atoms with Gasteiger partial charge in [0.15, 0.2) is 5.82 Å². The monoisotopic (exact) mass is 352 g/mol. The summed E-state index contributed by atoms with van der Waals surface area (Å²) in [5.74, 6) is 2.50. The molecule has 0 aliphatic heterocycles. The summed E-state index contributed by atoms with van der Waals surface area (Å²) in [5, 5.41) is 5.03. The van der Waals surface area contributed by atoms with Crippen LogP contribution in [0.2, 0.25) is 5.02 Å². The predicted octanol–water partition coefficient (Wildman–Crippen LogP) is 3.72. The fourth-order valence-electron chi connectivity index (χ4n) is 2.25. The van der Waals surface area contributed by atoms with Gasteiger partial charge >= 0.3 is 0 Å². The lowest BCUT2D eigenvalue weighted by Gasteiger charge is -2.18. The third-order valence-corrected chi connectivity index (χ3v) is 4.71.